The Bertz CT molecular complexity index is 712. The average molecular weight is 298 g/mol. The van der Waals surface area contributed by atoms with Gasteiger partial charge in [-0.1, -0.05) is 0 Å². The molecule has 0 radical (unpaired) electrons. The van der Waals surface area contributed by atoms with Crippen molar-refractivity contribution in [2.45, 2.75) is 20.4 Å². The number of anilines is 2. The molecule has 0 fully saturated rings. The van der Waals surface area contributed by atoms with Gasteiger partial charge in [0.15, 0.2) is 17.5 Å². The minimum atomic E-state index is -1.65. The minimum absolute atomic E-state index is 0.0409. The molecule has 1 aromatic heterocycles. The van der Waals surface area contributed by atoms with Crippen LogP contribution in [0.3, 0.4) is 0 Å². The standard InChI is InChI=1S/C13H13F3N4O/c1-3-20-12(11(17)6(2)19-20)13(21)18-8-5-4-7(14)9(15)10(8)16/h4-5H,3,17H2,1-2H3,(H,18,21). The van der Waals surface area contributed by atoms with E-state index in [0.29, 0.717) is 12.2 Å². The molecule has 8 heteroatoms. The zero-order chi connectivity index (χ0) is 15.7. The Labute approximate surface area is 118 Å². The largest absolute Gasteiger partial charge is 0.395 e. The molecule has 1 aromatic carbocycles. The van der Waals surface area contributed by atoms with Crippen molar-refractivity contribution in [3.63, 3.8) is 0 Å². The van der Waals surface area contributed by atoms with Crippen LogP contribution in [-0.4, -0.2) is 15.7 Å². The molecule has 0 saturated heterocycles. The highest BCUT2D eigenvalue weighted by molar-refractivity contribution is 6.06. The summed E-state index contributed by atoms with van der Waals surface area (Å²) < 4.78 is 40.9. The van der Waals surface area contributed by atoms with Crippen molar-refractivity contribution in [3.8, 4) is 0 Å². The summed E-state index contributed by atoms with van der Waals surface area (Å²) in [5, 5.41) is 6.21. The molecule has 0 saturated carbocycles. The van der Waals surface area contributed by atoms with Crippen molar-refractivity contribution in [2.24, 2.45) is 0 Å². The Kier molecular flexibility index (Phi) is 3.88. The van der Waals surface area contributed by atoms with Crippen molar-refractivity contribution >= 4 is 17.3 Å². The lowest BCUT2D eigenvalue weighted by Crippen LogP contribution is -2.19. The van der Waals surface area contributed by atoms with Gasteiger partial charge in [-0.15, -0.1) is 0 Å². The topological polar surface area (TPSA) is 72.9 Å². The molecule has 2 rings (SSSR count). The number of halogens is 3. The first-order chi connectivity index (χ1) is 9.86. The van der Waals surface area contributed by atoms with E-state index < -0.39 is 29.0 Å². The van der Waals surface area contributed by atoms with E-state index in [0.717, 1.165) is 12.1 Å². The first-order valence-corrected chi connectivity index (χ1v) is 6.14. The third-order valence-corrected chi connectivity index (χ3v) is 2.97. The first-order valence-electron chi connectivity index (χ1n) is 6.14. The van der Waals surface area contributed by atoms with E-state index >= 15 is 0 Å². The monoisotopic (exact) mass is 298 g/mol. The summed E-state index contributed by atoms with van der Waals surface area (Å²) in [6, 6.07) is 1.65. The number of nitrogens with zero attached hydrogens (tertiary/aromatic N) is 2. The van der Waals surface area contributed by atoms with E-state index in [1.165, 1.54) is 4.68 Å². The lowest BCUT2D eigenvalue weighted by Gasteiger charge is -2.09. The highest BCUT2D eigenvalue weighted by Crippen LogP contribution is 2.22. The number of carbonyl (C=O) groups excluding carboxylic acids is 1. The first kappa shape index (κ1) is 14.9. The van der Waals surface area contributed by atoms with Crippen LogP contribution in [0.4, 0.5) is 24.5 Å². The fourth-order valence-electron chi connectivity index (χ4n) is 1.87. The number of aryl methyl sites for hydroxylation is 2. The molecular formula is C13H13F3N4O. The summed E-state index contributed by atoms with van der Waals surface area (Å²) in [6.45, 7) is 3.75. The average Bonchev–Trinajstić information content (AvgIpc) is 2.75. The fourth-order valence-corrected chi connectivity index (χ4v) is 1.87. The summed E-state index contributed by atoms with van der Waals surface area (Å²) >= 11 is 0. The van der Waals surface area contributed by atoms with Gasteiger partial charge in [-0.25, -0.2) is 13.2 Å². The van der Waals surface area contributed by atoms with Gasteiger partial charge in [0.1, 0.15) is 5.69 Å². The van der Waals surface area contributed by atoms with E-state index in [-0.39, 0.29) is 11.4 Å². The van der Waals surface area contributed by atoms with E-state index in [1.807, 2.05) is 0 Å². The van der Waals surface area contributed by atoms with Crippen LogP contribution < -0.4 is 11.1 Å². The van der Waals surface area contributed by atoms with Gasteiger partial charge in [0.25, 0.3) is 5.91 Å². The van der Waals surface area contributed by atoms with Gasteiger partial charge in [0.2, 0.25) is 0 Å². The third kappa shape index (κ3) is 2.56. The van der Waals surface area contributed by atoms with Crippen LogP contribution in [0.15, 0.2) is 12.1 Å². The highest BCUT2D eigenvalue weighted by Gasteiger charge is 2.21. The van der Waals surface area contributed by atoms with Crippen LogP contribution in [0.2, 0.25) is 0 Å². The molecule has 0 aliphatic rings. The zero-order valence-electron chi connectivity index (χ0n) is 11.4. The molecule has 3 N–H and O–H groups in total. The van der Waals surface area contributed by atoms with Crippen molar-refractivity contribution in [2.75, 3.05) is 11.1 Å². The third-order valence-electron chi connectivity index (χ3n) is 2.97. The van der Waals surface area contributed by atoms with Gasteiger partial charge < -0.3 is 11.1 Å². The number of nitrogens with one attached hydrogen (secondary N) is 1. The van der Waals surface area contributed by atoms with E-state index in [9.17, 15) is 18.0 Å². The Balaban J connectivity index is 2.37. The van der Waals surface area contributed by atoms with Crippen molar-refractivity contribution < 1.29 is 18.0 Å². The number of hydrogen-bond acceptors (Lipinski definition) is 3. The summed E-state index contributed by atoms with van der Waals surface area (Å²) in [4.78, 5) is 12.1. The van der Waals surface area contributed by atoms with E-state index in [1.54, 1.807) is 13.8 Å². The van der Waals surface area contributed by atoms with Crippen LogP contribution in [0, 0.1) is 24.4 Å². The smallest absolute Gasteiger partial charge is 0.276 e. The maximum atomic E-state index is 13.5. The predicted octanol–water partition coefficient (Wildman–Crippen LogP) is 2.46. The highest BCUT2D eigenvalue weighted by atomic mass is 19.2. The van der Waals surface area contributed by atoms with Gasteiger partial charge in [-0.2, -0.15) is 5.10 Å². The quantitative estimate of drug-likeness (QED) is 0.855. The Hall–Kier alpha value is -2.51. The molecule has 0 bridgehead atoms. The number of aromatic nitrogens is 2. The van der Waals surface area contributed by atoms with Gasteiger partial charge in [0, 0.05) is 6.54 Å². The van der Waals surface area contributed by atoms with Crippen molar-refractivity contribution in [1.82, 2.24) is 9.78 Å². The van der Waals surface area contributed by atoms with Gasteiger partial charge in [-0.3, -0.25) is 9.48 Å². The SMILES string of the molecule is CCn1nc(C)c(N)c1C(=O)Nc1ccc(F)c(F)c1F. The van der Waals surface area contributed by atoms with Crippen LogP contribution >= 0.6 is 0 Å². The van der Waals surface area contributed by atoms with Gasteiger partial charge in [0.05, 0.1) is 17.1 Å². The molecule has 0 unspecified atom stereocenters. The number of benzene rings is 1. The number of hydrogen-bond donors (Lipinski definition) is 2. The second-order valence-corrected chi connectivity index (χ2v) is 4.34. The Morgan fingerprint density at radius 1 is 1.33 bits per heavy atom. The Morgan fingerprint density at radius 3 is 2.62 bits per heavy atom. The van der Waals surface area contributed by atoms with Crippen LogP contribution in [-0.2, 0) is 6.54 Å². The normalized spacial score (nSPS) is 10.7. The van der Waals surface area contributed by atoms with Crippen molar-refractivity contribution in [1.29, 1.82) is 0 Å². The maximum absolute atomic E-state index is 13.5. The van der Waals surface area contributed by atoms with E-state index in [2.05, 4.69) is 10.4 Å². The lowest BCUT2D eigenvalue weighted by molar-refractivity contribution is 0.101. The lowest BCUT2D eigenvalue weighted by atomic mass is 10.2. The number of rotatable bonds is 3. The molecule has 1 amide bonds. The number of nitrogen functional groups attached to an aromatic ring is 1. The zero-order valence-corrected chi connectivity index (χ0v) is 11.4. The van der Waals surface area contributed by atoms with Gasteiger partial charge >= 0.3 is 0 Å². The van der Waals surface area contributed by atoms with Crippen LogP contribution in [0.25, 0.3) is 0 Å². The molecule has 0 spiro atoms. The summed E-state index contributed by atoms with van der Waals surface area (Å²) in [6.07, 6.45) is 0. The maximum Gasteiger partial charge on any atom is 0.276 e. The predicted molar refractivity (Wildman–Crippen MR) is 71.3 cm³/mol. The summed E-state index contributed by atoms with van der Waals surface area (Å²) in [5.74, 6) is -5.21. The summed E-state index contributed by atoms with van der Waals surface area (Å²) in [7, 11) is 0. The number of nitrogens with two attached hydrogens (primary N) is 1. The molecule has 0 atom stereocenters. The molecule has 112 valence electrons. The molecule has 5 nitrogen and oxygen atoms in total. The molecule has 1 heterocycles. The minimum Gasteiger partial charge on any atom is -0.395 e. The van der Waals surface area contributed by atoms with E-state index in [4.69, 9.17) is 5.73 Å². The molecular weight excluding hydrogens is 285 g/mol. The number of carbonyl (C=O) groups is 1. The molecule has 0 aliphatic carbocycles. The molecule has 2 aromatic rings. The molecule has 0 aliphatic heterocycles. The Morgan fingerprint density at radius 2 is 2.00 bits per heavy atom. The van der Waals surface area contributed by atoms with Crippen LogP contribution in [0.5, 0.6) is 0 Å². The van der Waals surface area contributed by atoms with Gasteiger partial charge in [-0.05, 0) is 26.0 Å². The molecule has 21 heavy (non-hydrogen) atoms. The second-order valence-electron chi connectivity index (χ2n) is 4.34. The van der Waals surface area contributed by atoms with Crippen LogP contribution in [0.1, 0.15) is 23.1 Å². The van der Waals surface area contributed by atoms with Crippen molar-refractivity contribution in [3.05, 3.63) is 41.0 Å². The summed E-state index contributed by atoms with van der Waals surface area (Å²) in [5.41, 5.74) is 5.92. The second kappa shape index (κ2) is 5.47. The fraction of sp³-hybridized carbons (Fsp3) is 0.231. The number of amides is 1.